The zero-order chi connectivity index (χ0) is 14.2. The van der Waals surface area contributed by atoms with Crippen molar-refractivity contribution < 1.29 is 24.2 Å². The van der Waals surface area contributed by atoms with Gasteiger partial charge in [-0.3, -0.25) is 4.79 Å². The van der Waals surface area contributed by atoms with Crippen LogP contribution in [-0.4, -0.2) is 30.0 Å². The van der Waals surface area contributed by atoms with Gasteiger partial charge >= 0.3 is 5.24 Å². The van der Waals surface area contributed by atoms with Gasteiger partial charge in [0.2, 0.25) is 5.75 Å². The fourth-order valence-corrected chi connectivity index (χ4v) is 3.57. The van der Waals surface area contributed by atoms with Gasteiger partial charge in [0.1, 0.15) is 16.6 Å². The lowest BCUT2D eigenvalue weighted by atomic mass is 10.1. The molecule has 19 heavy (non-hydrogen) atoms. The highest BCUT2D eigenvalue weighted by Crippen LogP contribution is 2.29. The zero-order valence-corrected chi connectivity index (χ0v) is 11.1. The molecule has 1 aromatic carbocycles. The van der Waals surface area contributed by atoms with Gasteiger partial charge in [0.25, 0.3) is 5.91 Å². The lowest BCUT2D eigenvalue weighted by molar-refractivity contribution is -0.255. The maximum Gasteiger partial charge on any atom is 0.442 e. The molecule has 1 aliphatic heterocycles. The molecule has 2 rings (SSSR count). The van der Waals surface area contributed by atoms with Crippen LogP contribution in [0.15, 0.2) is 17.0 Å². The minimum absolute atomic E-state index is 0.0527. The van der Waals surface area contributed by atoms with Crippen LogP contribution in [0, 0.1) is 6.92 Å². The van der Waals surface area contributed by atoms with E-state index >= 15 is 0 Å². The number of carbonyl (C=O) groups is 3. The van der Waals surface area contributed by atoms with Crippen molar-refractivity contribution in [1.29, 1.82) is 0 Å². The van der Waals surface area contributed by atoms with Crippen LogP contribution in [0.5, 0.6) is 5.75 Å². The molecular weight excluding hydrogens is 270 g/mol. The molecule has 1 unspecified atom stereocenters. The number of ether oxygens (including phenoxy) is 1. The van der Waals surface area contributed by atoms with Gasteiger partial charge in [-0.1, -0.05) is 0 Å². The first-order chi connectivity index (χ1) is 8.93. The molecule has 0 aliphatic carbocycles. The van der Waals surface area contributed by atoms with E-state index in [-0.39, 0.29) is 28.2 Å². The third-order valence-electron chi connectivity index (χ3n) is 2.70. The zero-order valence-electron chi connectivity index (χ0n) is 10.3. The van der Waals surface area contributed by atoms with Crippen molar-refractivity contribution in [1.82, 2.24) is 5.32 Å². The monoisotopic (exact) mass is 281 g/mol. The second-order valence-corrected chi connectivity index (χ2v) is 5.89. The van der Waals surface area contributed by atoms with E-state index in [1.807, 2.05) is 0 Å². The van der Waals surface area contributed by atoms with E-state index in [2.05, 4.69) is 5.32 Å². The molecule has 1 N–H and O–H groups in total. The summed E-state index contributed by atoms with van der Waals surface area (Å²) in [5.74, 6) is -1.47. The molecule has 1 aliphatic rings. The SMILES string of the molecule is COc1c(C)cc([S+]2CC(=O)NC2=O)cc1C(=O)[O-]. The minimum atomic E-state index is -1.38. The van der Waals surface area contributed by atoms with Gasteiger partial charge in [0.15, 0.2) is 4.90 Å². The van der Waals surface area contributed by atoms with Gasteiger partial charge in [-0.05, 0) is 12.5 Å². The predicted octanol–water partition coefficient (Wildman–Crippen LogP) is -0.406. The third kappa shape index (κ3) is 2.41. The Balaban J connectivity index is 2.51. The molecule has 7 heteroatoms. The Morgan fingerprint density at radius 1 is 1.42 bits per heavy atom. The number of carbonyl (C=O) groups excluding carboxylic acids is 3. The van der Waals surface area contributed by atoms with Crippen LogP contribution in [0.1, 0.15) is 15.9 Å². The Bertz CT molecular complexity index is 584. The minimum Gasteiger partial charge on any atom is -0.545 e. The first-order valence-electron chi connectivity index (χ1n) is 5.38. The summed E-state index contributed by atoms with van der Waals surface area (Å²) in [7, 11) is 0.405. The van der Waals surface area contributed by atoms with E-state index in [1.54, 1.807) is 13.0 Å². The number of imide groups is 1. The fraction of sp³-hybridized carbons (Fsp3) is 0.250. The summed E-state index contributed by atoms with van der Waals surface area (Å²) in [5, 5.41) is 12.9. The molecule has 0 aromatic heterocycles. The van der Waals surface area contributed by atoms with E-state index < -0.39 is 16.9 Å². The van der Waals surface area contributed by atoms with Crippen molar-refractivity contribution in [3.8, 4) is 5.75 Å². The summed E-state index contributed by atoms with van der Waals surface area (Å²) in [6.45, 7) is 1.67. The van der Waals surface area contributed by atoms with Crippen LogP contribution in [-0.2, 0) is 15.7 Å². The number of carboxylic acid groups (broad SMARTS) is 1. The number of benzene rings is 1. The quantitative estimate of drug-likeness (QED) is 0.760. The van der Waals surface area contributed by atoms with Gasteiger partial charge in [-0.2, -0.15) is 0 Å². The average Bonchev–Trinajstić information content (AvgIpc) is 2.67. The van der Waals surface area contributed by atoms with Gasteiger partial charge in [0.05, 0.1) is 13.1 Å². The highest BCUT2D eigenvalue weighted by Gasteiger charge is 2.43. The Labute approximate surface area is 112 Å². The molecule has 1 aromatic rings. The molecule has 1 heterocycles. The number of methoxy groups -OCH3 is 1. The fourth-order valence-electron chi connectivity index (χ4n) is 1.90. The van der Waals surface area contributed by atoms with E-state index in [0.717, 1.165) is 0 Å². The van der Waals surface area contributed by atoms with Crippen LogP contribution in [0.4, 0.5) is 4.79 Å². The highest BCUT2D eigenvalue weighted by atomic mass is 32.2. The molecule has 6 nitrogen and oxygen atoms in total. The molecule has 0 saturated carbocycles. The van der Waals surface area contributed by atoms with Crippen LogP contribution >= 0.6 is 0 Å². The molecule has 100 valence electrons. The average molecular weight is 281 g/mol. The van der Waals surface area contributed by atoms with Crippen molar-refractivity contribution in [3.63, 3.8) is 0 Å². The number of aryl methyl sites for hydroxylation is 1. The van der Waals surface area contributed by atoms with Gasteiger partial charge in [-0.25, -0.2) is 10.1 Å². The number of hydrogen-bond acceptors (Lipinski definition) is 5. The van der Waals surface area contributed by atoms with Crippen molar-refractivity contribution in [3.05, 3.63) is 23.3 Å². The number of nitrogens with one attached hydrogen (secondary N) is 1. The van der Waals surface area contributed by atoms with Gasteiger partial charge < -0.3 is 14.6 Å². The first kappa shape index (κ1) is 13.4. The lowest BCUT2D eigenvalue weighted by Crippen LogP contribution is -2.24. The van der Waals surface area contributed by atoms with Gasteiger partial charge in [-0.15, -0.1) is 0 Å². The van der Waals surface area contributed by atoms with E-state index in [9.17, 15) is 19.5 Å². The molecule has 0 bridgehead atoms. The molecule has 1 atom stereocenters. The molecule has 1 saturated heterocycles. The second kappa shape index (κ2) is 4.93. The van der Waals surface area contributed by atoms with Crippen LogP contribution in [0.25, 0.3) is 0 Å². The molecule has 0 spiro atoms. The Hall–Kier alpha value is -2.02. The van der Waals surface area contributed by atoms with E-state index in [0.29, 0.717) is 10.5 Å². The van der Waals surface area contributed by atoms with Crippen LogP contribution < -0.4 is 15.2 Å². The smallest absolute Gasteiger partial charge is 0.442 e. The van der Waals surface area contributed by atoms with Gasteiger partial charge in [0, 0.05) is 17.7 Å². The molecular formula is C12H11NO5S. The summed E-state index contributed by atoms with van der Waals surface area (Å²) in [4.78, 5) is 34.4. The van der Waals surface area contributed by atoms with Crippen molar-refractivity contribution in [2.75, 3.05) is 12.9 Å². The summed E-state index contributed by atoms with van der Waals surface area (Å²) >= 11 is 0. The largest absolute Gasteiger partial charge is 0.545 e. The number of hydrogen-bond donors (Lipinski definition) is 1. The number of carboxylic acids is 1. The number of aromatic carboxylic acids is 1. The van der Waals surface area contributed by atoms with E-state index in [1.165, 1.54) is 13.2 Å². The normalized spacial score (nSPS) is 18.3. The summed E-state index contributed by atoms with van der Waals surface area (Å²) in [6, 6.07) is 3.00. The first-order valence-corrected chi connectivity index (χ1v) is 6.78. The predicted molar refractivity (Wildman–Crippen MR) is 66.1 cm³/mol. The summed E-state index contributed by atoms with van der Waals surface area (Å²) < 4.78 is 5.02. The Morgan fingerprint density at radius 3 is 2.58 bits per heavy atom. The standard InChI is InChI=1S/C12H11NO5S/c1-6-3-7(19-5-9(14)13-12(19)17)4-8(11(15)16)10(6)18-2/h3-4H,5H2,1-2H3,(H-,13,14,15,16,17). The van der Waals surface area contributed by atoms with Crippen molar-refractivity contribution >= 4 is 28.0 Å². The third-order valence-corrected chi connectivity index (χ3v) is 4.60. The number of amides is 2. The molecule has 2 amide bonds. The summed E-state index contributed by atoms with van der Waals surface area (Å²) in [5.41, 5.74) is 0.469. The summed E-state index contributed by atoms with van der Waals surface area (Å²) in [6.07, 6.45) is 0. The lowest BCUT2D eigenvalue weighted by Gasteiger charge is -2.12. The Morgan fingerprint density at radius 2 is 2.11 bits per heavy atom. The van der Waals surface area contributed by atoms with Crippen LogP contribution in [0.2, 0.25) is 0 Å². The van der Waals surface area contributed by atoms with Crippen molar-refractivity contribution in [2.24, 2.45) is 0 Å². The maximum atomic E-state index is 11.6. The highest BCUT2D eigenvalue weighted by molar-refractivity contribution is 8.12. The van der Waals surface area contributed by atoms with Crippen LogP contribution in [0.3, 0.4) is 0 Å². The second-order valence-electron chi connectivity index (χ2n) is 3.98. The maximum absolute atomic E-state index is 11.6. The van der Waals surface area contributed by atoms with Crippen molar-refractivity contribution in [2.45, 2.75) is 11.8 Å². The topological polar surface area (TPSA) is 95.5 Å². The number of rotatable bonds is 3. The molecule has 1 fully saturated rings. The molecule has 0 radical (unpaired) electrons. The van der Waals surface area contributed by atoms with E-state index in [4.69, 9.17) is 4.74 Å². The Kier molecular flexibility index (Phi) is 3.48.